The highest BCUT2D eigenvalue weighted by molar-refractivity contribution is 5.80. The normalized spacial score (nSPS) is 15.8. The van der Waals surface area contributed by atoms with Gasteiger partial charge in [0.25, 0.3) is 0 Å². The van der Waals surface area contributed by atoms with E-state index in [0.717, 1.165) is 0 Å². The highest BCUT2D eigenvalue weighted by atomic mass is 19.1. The fourth-order valence-electron chi connectivity index (χ4n) is 2.98. The Bertz CT molecular complexity index is 566. The third kappa shape index (κ3) is 4.30. The molecule has 0 aromatic heterocycles. The van der Waals surface area contributed by atoms with Gasteiger partial charge in [0.1, 0.15) is 5.82 Å². The summed E-state index contributed by atoms with van der Waals surface area (Å²) in [6, 6.07) is 6.52. The lowest BCUT2D eigenvalue weighted by Gasteiger charge is -2.34. The van der Waals surface area contributed by atoms with E-state index >= 15 is 0 Å². The highest BCUT2D eigenvalue weighted by Gasteiger charge is 2.29. The van der Waals surface area contributed by atoms with Crippen molar-refractivity contribution >= 4 is 11.8 Å². The van der Waals surface area contributed by atoms with Crippen molar-refractivity contribution in [2.45, 2.75) is 33.2 Å². The summed E-state index contributed by atoms with van der Waals surface area (Å²) in [4.78, 5) is 27.9. The van der Waals surface area contributed by atoms with Gasteiger partial charge in [0.05, 0.1) is 0 Å². The number of amides is 2. The average Bonchev–Trinajstić information content (AvgIpc) is 2.55. The van der Waals surface area contributed by atoms with Gasteiger partial charge in [-0.1, -0.05) is 32.0 Å². The third-order valence-corrected chi connectivity index (χ3v) is 4.39. The van der Waals surface area contributed by atoms with Crippen LogP contribution in [0, 0.1) is 17.7 Å². The smallest absolute Gasteiger partial charge is 0.225 e. The summed E-state index contributed by atoms with van der Waals surface area (Å²) in [6.45, 7) is 5.31. The Hall–Kier alpha value is -1.91. The van der Waals surface area contributed by atoms with Crippen LogP contribution in [-0.4, -0.2) is 41.8 Å². The molecule has 1 aliphatic rings. The Balaban J connectivity index is 1.89. The topological polar surface area (TPSA) is 40.6 Å². The predicted molar refractivity (Wildman–Crippen MR) is 87.0 cm³/mol. The molecule has 0 N–H and O–H groups in total. The first-order chi connectivity index (χ1) is 10.9. The van der Waals surface area contributed by atoms with Gasteiger partial charge in [0.2, 0.25) is 11.8 Å². The van der Waals surface area contributed by atoms with Crippen LogP contribution in [0.3, 0.4) is 0 Å². The Kier molecular flexibility index (Phi) is 5.74. The van der Waals surface area contributed by atoms with E-state index in [9.17, 15) is 14.0 Å². The summed E-state index contributed by atoms with van der Waals surface area (Å²) in [7, 11) is 1.71. The standard InChI is InChI=1S/C18H25FN2O2/c1-13(2)17(22)21-10-8-14(9-11-21)18(23)20(3)12-15-6-4-5-7-16(15)19/h4-7,13-14H,8-12H2,1-3H3. The van der Waals surface area contributed by atoms with Crippen LogP contribution in [0.1, 0.15) is 32.3 Å². The van der Waals surface area contributed by atoms with Crippen molar-refractivity contribution in [3.8, 4) is 0 Å². The summed E-state index contributed by atoms with van der Waals surface area (Å²) < 4.78 is 13.7. The van der Waals surface area contributed by atoms with E-state index in [4.69, 9.17) is 0 Å². The summed E-state index contributed by atoms with van der Waals surface area (Å²) >= 11 is 0. The van der Waals surface area contributed by atoms with Crippen LogP contribution in [0.15, 0.2) is 24.3 Å². The molecule has 2 rings (SSSR count). The number of carbonyl (C=O) groups is 2. The first-order valence-corrected chi connectivity index (χ1v) is 8.17. The molecular weight excluding hydrogens is 295 g/mol. The van der Waals surface area contributed by atoms with E-state index in [1.807, 2.05) is 18.7 Å². The summed E-state index contributed by atoms with van der Waals surface area (Å²) in [5.41, 5.74) is 0.524. The second-order valence-electron chi connectivity index (χ2n) is 6.54. The van der Waals surface area contributed by atoms with E-state index in [2.05, 4.69) is 0 Å². The van der Waals surface area contributed by atoms with Crippen LogP contribution in [0.5, 0.6) is 0 Å². The summed E-state index contributed by atoms with van der Waals surface area (Å²) in [5, 5.41) is 0. The fourth-order valence-corrected chi connectivity index (χ4v) is 2.98. The molecule has 2 amide bonds. The molecule has 1 heterocycles. The maximum atomic E-state index is 13.7. The second kappa shape index (κ2) is 7.57. The molecule has 0 saturated carbocycles. The Morgan fingerprint density at radius 1 is 1.26 bits per heavy atom. The molecule has 1 fully saturated rings. The molecule has 126 valence electrons. The maximum Gasteiger partial charge on any atom is 0.225 e. The highest BCUT2D eigenvalue weighted by Crippen LogP contribution is 2.21. The van der Waals surface area contributed by atoms with Gasteiger partial charge < -0.3 is 9.80 Å². The van der Waals surface area contributed by atoms with Crippen LogP contribution >= 0.6 is 0 Å². The van der Waals surface area contributed by atoms with Gasteiger partial charge in [-0.25, -0.2) is 4.39 Å². The fraction of sp³-hybridized carbons (Fsp3) is 0.556. The first kappa shape index (κ1) is 17.4. The number of halogens is 1. The van der Waals surface area contributed by atoms with E-state index < -0.39 is 0 Å². The molecule has 1 saturated heterocycles. The number of benzene rings is 1. The zero-order chi connectivity index (χ0) is 17.0. The van der Waals surface area contributed by atoms with Crippen molar-refractivity contribution in [1.29, 1.82) is 0 Å². The third-order valence-electron chi connectivity index (χ3n) is 4.39. The van der Waals surface area contributed by atoms with Gasteiger partial charge in [-0.3, -0.25) is 9.59 Å². The number of likely N-dealkylation sites (tertiary alicyclic amines) is 1. The summed E-state index contributed by atoms with van der Waals surface area (Å²) in [6.07, 6.45) is 1.36. The molecule has 23 heavy (non-hydrogen) atoms. The van der Waals surface area contributed by atoms with Crippen LogP contribution in [0.2, 0.25) is 0 Å². The average molecular weight is 320 g/mol. The van der Waals surface area contributed by atoms with Crippen molar-refractivity contribution in [3.63, 3.8) is 0 Å². The van der Waals surface area contributed by atoms with E-state index in [1.54, 1.807) is 30.1 Å². The van der Waals surface area contributed by atoms with Crippen LogP contribution in [-0.2, 0) is 16.1 Å². The molecule has 0 radical (unpaired) electrons. The quantitative estimate of drug-likeness (QED) is 0.856. The Morgan fingerprint density at radius 2 is 1.87 bits per heavy atom. The minimum atomic E-state index is -0.288. The number of piperidine rings is 1. The molecule has 0 unspecified atom stereocenters. The molecule has 0 bridgehead atoms. The minimum Gasteiger partial charge on any atom is -0.342 e. The van der Waals surface area contributed by atoms with Crippen LogP contribution < -0.4 is 0 Å². The molecule has 0 aliphatic carbocycles. The van der Waals surface area contributed by atoms with Crippen molar-refractivity contribution in [3.05, 3.63) is 35.6 Å². The summed E-state index contributed by atoms with van der Waals surface area (Å²) in [5.74, 6) is -0.195. The van der Waals surface area contributed by atoms with Gasteiger partial charge in [0.15, 0.2) is 0 Å². The van der Waals surface area contributed by atoms with Crippen LogP contribution in [0.4, 0.5) is 4.39 Å². The molecule has 0 spiro atoms. The number of hydrogen-bond acceptors (Lipinski definition) is 2. The number of nitrogens with zero attached hydrogens (tertiary/aromatic N) is 2. The van der Waals surface area contributed by atoms with E-state index in [1.165, 1.54) is 6.07 Å². The SMILES string of the molecule is CC(C)C(=O)N1CCC(C(=O)N(C)Cc2ccccc2F)CC1. The molecule has 4 nitrogen and oxygen atoms in total. The molecule has 1 aliphatic heterocycles. The zero-order valence-electron chi connectivity index (χ0n) is 14.1. The second-order valence-corrected chi connectivity index (χ2v) is 6.54. The lowest BCUT2D eigenvalue weighted by molar-refractivity contribution is -0.141. The lowest BCUT2D eigenvalue weighted by Crippen LogP contribution is -2.44. The molecule has 0 atom stereocenters. The molecule has 1 aromatic rings. The van der Waals surface area contributed by atoms with Gasteiger partial charge in [-0.05, 0) is 18.9 Å². The Labute approximate surface area is 137 Å². The number of carbonyl (C=O) groups excluding carboxylic acids is 2. The van der Waals surface area contributed by atoms with Crippen LogP contribution in [0.25, 0.3) is 0 Å². The van der Waals surface area contributed by atoms with Crippen molar-refractivity contribution < 1.29 is 14.0 Å². The van der Waals surface area contributed by atoms with Gasteiger partial charge in [-0.2, -0.15) is 0 Å². The maximum absolute atomic E-state index is 13.7. The van der Waals surface area contributed by atoms with Gasteiger partial charge >= 0.3 is 0 Å². The minimum absolute atomic E-state index is 0.00835. The van der Waals surface area contributed by atoms with Gasteiger partial charge in [0, 0.05) is 44.1 Å². The zero-order valence-corrected chi connectivity index (χ0v) is 14.1. The Morgan fingerprint density at radius 3 is 2.43 bits per heavy atom. The molecule has 5 heteroatoms. The molecular formula is C18H25FN2O2. The van der Waals surface area contributed by atoms with E-state index in [-0.39, 0.29) is 36.0 Å². The first-order valence-electron chi connectivity index (χ1n) is 8.17. The molecule has 1 aromatic carbocycles. The number of hydrogen-bond donors (Lipinski definition) is 0. The number of rotatable bonds is 4. The van der Waals surface area contributed by atoms with Crippen molar-refractivity contribution in [2.75, 3.05) is 20.1 Å². The van der Waals surface area contributed by atoms with Crippen molar-refractivity contribution in [2.24, 2.45) is 11.8 Å². The van der Waals surface area contributed by atoms with E-state index in [0.29, 0.717) is 31.5 Å². The lowest BCUT2D eigenvalue weighted by atomic mass is 9.94. The largest absolute Gasteiger partial charge is 0.342 e. The van der Waals surface area contributed by atoms with Gasteiger partial charge in [-0.15, -0.1) is 0 Å². The predicted octanol–water partition coefficient (Wildman–Crippen LogP) is 2.68. The monoisotopic (exact) mass is 320 g/mol. The van der Waals surface area contributed by atoms with Crippen molar-refractivity contribution in [1.82, 2.24) is 9.80 Å².